The molecular formula is C36H45N3O3. The molecule has 4 aromatic rings. The second-order valence-corrected chi connectivity index (χ2v) is 12.7. The first-order chi connectivity index (χ1) is 20.2. The van der Waals surface area contributed by atoms with Crippen LogP contribution in [0.25, 0.3) is 11.1 Å². The first-order valence-corrected chi connectivity index (χ1v) is 15.4. The summed E-state index contributed by atoms with van der Waals surface area (Å²) in [6.45, 7) is 10.8. The molecule has 2 heterocycles. The van der Waals surface area contributed by atoms with Gasteiger partial charge in [0.1, 0.15) is 11.4 Å². The second-order valence-electron chi connectivity index (χ2n) is 12.7. The first kappa shape index (κ1) is 30.0. The normalized spacial score (nSPS) is 17.7. The van der Waals surface area contributed by atoms with E-state index in [1.807, 2.05) is 19.1 Å². The molecule has 3 aromatic carbocycles. The lowest BCUT2D eigenvalue weighted by Crippen LogP contribution is -2.30. The van der Waals surface area contributed by atoms with E-state index >= 15 is 0 Å². The zero-order chi connectivity index (χ0) is 29.7. The standard InChI is InChI=1S/C36H45N3O3/c1-5-38-33(37-39(34(38)40)25-28-13-19-31(20-14-28)35(2,3)4)10-8-9-27-11-15-29(16-12-27)30-17-21-32(22-18-30)36(41)23-6-7-24-42-26-36/h11-22,41H,5-10,23-26H2,1-4H3. The first-order valence-electron chi connectivity index (χ1n) is 15.4. The van der Waals surface area contributed by atoms with Crippen molar-refractivity contribution < 1.29 is 9.84 Å². The van der Waals surface area contributed by atoms with Crippen molar-refractivity contribution in [3.63, 3.8) is 0 Å². The number of nitrogens with zero attached hydrogens (tertiary/aromatic N) is 3. The monoisotopic (exact) mass is 567 g/mol. The Hall–Kier alpha value is -3.48. The fourth-order valence-electron chi connectivity index (χ4n) is 5.82. The van der Waals surface area contributed by atoms with Crippen molar-refractivity contribution in [2.24, 2.45) is 0 Å². The van der Waals surface area contributed by atoms with Gasteiger partial charge < -0.3 is 9.84 Å². The van der Waals surface area contributed by atoms with Crippen LogP contribution in [0.2, 0.25) is 0 Å². The molecule has 1 aliphatic rings. The molecule has 0 radical (unpaired) electrons. The molecular weight excluding hydrogens is 522 g/mol. The smallest absolute Gasteiger partial charge is 0.346 e. The highest BCUT2D eigenvalue weighted by molar-refractivity contribution is 5.64. The van der Waals surface area contributed by atoms with E-state index in [9.17, 15) is 9.90 Å². The number of aliphatic hydroxyl groups is 1. The number of rotatable bonds is 9. The Labute approximate surface area is 250 Å². The molecule has 0 bridgehead atoms. The molecule has 5 rings (SSSR count). The summed E-state index contributed by atoms with van der Waals surface area (Å²) < 4.78 is 9.04. The molecule has 1 N–H and O–H groups in total. The van der Waals surface area contributed by atoms with Crippen molar-refractivity contribution in [3.8, 4) is 11.1 Å². The third-order valence-electron chi connectivity index (χ3n) is 8.51. The number of ether oxygens (including phenoxy) is 1. The number of hydrogen-bond donors (Lipinski definition) is 1. The predicted octanol–water partition coefficient (Wildman–Crippen LogP) is 6.64. The summed E-state index contributed by atoms with van der Waals surface area (Å²) in [6, 6.07) is 25.4. The van der Waals surface area contributed by atoms with Crippen LogP contribution in [0.1, 0.15) is 81.5 Å². The molecule has 0 saturated carbocycles. The predicted molar refractivity (Wildman–Crippen MR) is 169 cm³/mol. The molecule has 1 unspecified atom stereocenters. The van der Waals surface area contributed by atoms with Crippen molar-refractivity contribution in [3.05, 3.63) is 111 Å². The Bertz CT molecular complexity index is 1500. The van der Waals surface area contributed by atoms with Crippen molar-refractivity contribution in [2.45, 2.75) is 90.3 Å². The third-order valence-corrected chi connectivity index (χ3v) is 8.51. The van der Waals surface area contributed by atoms with Gasteiger partial charge in [-0.25, -0.2) is 9.48 Å². The number of aryl methyl sites for hydroxylation is 2. The number of benzene rings is 3. The molecule has 0 aliphatic carbocycles. The minimum Gasteiger partial charge on any atom is -0.383 e. The van der Waals surface area contributed by atoms with Gasteiger partial charge >= 0.3 is 5.69 Å². The Kier molecular flexibility index (Phi) is 9.14. The van der Waals surface area contributed by atoms with Crippen LogP contribution in [0.15, 0.2) is 77.6 Å². The summed E-state index contributed by atoms with van der Waals surface area (Å²) in [5.74, 6) is 0.853. The lowest BCUT2D eigenvalue weighted by atomic mass is 9.87. The van der Waals surface area contributed by atoms with E-state index in [2.05, 4.69) is 81.4 Å². The Morgan fingerprint density at radius 3 is 2.17 bits per heavy atom. The van der Waals surface area contributed by atoms with Gasteiger partial charge in [0, 0.05) is 19.6 Å². The fraction of sp³-hybridized carbons (Fsp3) is 0.444. The average Bonchev–Trinajstić information content (AvgIpc) is 3.12. The van der Waals surface area contributed by atoms with Gasteiger partial charge in [0.15, 0.2) is 0 Å². The fourth-order valence-corrected chi connectivity index (χ4v) is 5.82. The van der Waals surface area contributed by atoms with Gasteiger partial charge in [0.25, 0.3) is 0 Å². The van der Waals surface area contributed by atoms with E-state index in [4.69, 9.17) is 9.84 Å². The Morgan fingerprint density at radius 1 is 0.881 bits per heavy atom. The van der Waals surface area contributed by atoms with Gasteiger partial charge in [-0.1, -0.05) is 93.6 Å². The SMILES string of the molecule is CCn1c(CCCc2ccc(-c3ccc(C4(O)CCCCOC4)cc3)cc2)nn(Cc2ccc(C(C)(C)C)cc2)c1=O. The number of hydrogen-bond acceptors (Lipinski definition) is 4. The molecule has 1 fully saturated rings. The van der Waals surface area contributed by atoms with E-state index in [0.717, 1.165) is 73.2 Å². The molecule has 1 aliphatic heterocycles. The van der Waals surface area contributed by atoms with E-state index in [1.54, 1.807) is 9.25 Å². The zero-order valence-electron chi connectivity index (χ0n) is 25.6. The molecule has 1 atom stereocenters. The Balaban J connectivity index is 1.18. The van der Waals surface area contributed by atoms with Gasteiger partial charge in [-0.3, -0.25) is 4.57 Å². The molecule has 222 valence electrons. The van der Waals surface area contributed by atoms with Gasteiger partial charge in [-0.2, -0.15) is 5.10 Å². The highest BCUT2D eigenvalue weighted by Gasteiger charge is 2.30. The molecule has 1 aromatic heterocycles. The largest absolute Gasteiger partial charge is 0.383 e. The summed E-state index contributed by atoms with van der Waals surface area (Å²) in [5, 5.41) is 15.8. The van der Waals surface area contributed by atoms with Crippen molar-refractivity contribution >= 4 is 0 Å². The van der Waals surface area contributed by atoms with Crippen LogP contribution in [0.3, 0.4) is 0 Å². The highest BCUT2D eigenvalue weighted by Crippen LogP contribution is 2.32. The van der Waals surface area contributed by atoms with Crippen molar-refractivity contribution in [1.82, 2.24) is 14.3 Å². The molecule has 6 heteroatoms. The van der Waals surface area contributed by atoms with Crippen LogP contribution in [-0.2, 0) is 41.7 Å². The van der Waals surface area contributed by atoms with E-state index < -0.39 is 5.60 Å². The maximum Gasteiger partial charge on any atom is 0.346 e. The molecule has 6 nitrogen and oxygen atoms in total. The molecule has 0 spiro atoms. The summed E-state index contributed by atoms with van der Waals surface area (Å²) in [7, 11) is 0. The summed E-state index contributed by atoms with van der Waals surface area (Å²) in [4.78, 5) is 13.0. The van der Waals surface area contributed by atoms with Gasteiger partial charge in [0.05, 0.1) is 13.2 Å². The lowest BCUT2D eigenvalue weighted by Gasteiger charge is -2.26. The summed E-state index contributed by atoms with van der Waals surface area (Å²) in [5.41, 5.74) is 6.02. The van der Waals surface area contributed by atoms with Gasteiger partial charge in [0.2, 0.25) is 0 Å². The minimum absolute atomic E-state index is 0.0403. The zero-order valence-corrected chi connectivity index (χ0v) is 25.6. The second kappa shape index (κ2) is 12.8. The lowest BCUT2D eigenvalue weighted by molar-refractivity contribution is -0.0415. The molecule has 42 heavy (non-hydrogen) atoms. The van der Waals surface area contributed by atoms with Crippen LogP contribution in [0, 0.1) is 0 Å². The molecule has 1 saturated heterocycles. The van der Waals surface area contributed by atoms with E-state index in [-0.39, 0.29) is 11.1 Å². The van der Waals surface area contributed by atoms with Crippen LogP contribution in [-0.4, -0.2) is 32.7 Å². The average molecular weight is 568 g/mol. The van der Waals surface area contributed by atoms with E-state index in [1.165, 1.54) is 11.1 Å². The maximum absolute atomic E-state index is 13.0. The quantitative estimate of drug-likeness (QED) is 0.246. The third kappa shape index (κ3) is 6.93. The highest BCUT2D eigenvalue weighted by atomic mass is 16.5. The van der Waals surface area contributed by atoms with Crippen LogP contribution in [0.4, 0.5) is 0 Å². The van der Waals surface area contributed by atoms with Crippen LogP contribution < -0.4 is 5.69 Å². The van der Waals surface area contributed by atoms with Crippen molar-refractivity contribution in [1.29, 1.82) is 0 Å². The van der Waals surface area contributed by atoms with Crippen LogP contribution >= 0.6 is 0 Å². The summed E-state index contributed by atoms with van der Waals surface area (Å²) >= 11 is 0. The van der Waals surface area contributed by atoms with Gasteiger partial charge in [-0.05, 0) is 77.8 Å². The van der Waals surface area contributed by atoms with Gasteiger partial charge in [-0.15, -0.1) is 0 Å². The Morgan fingerprint density at radius 2 is 1.52 bits per heavy atom. The van der Waals surface area contributed by atoms with Crippen LogP contribution in [0.5, 0.6) is 0 Å². The van der Waals surface area contributed by atoms with Crippen molar-refractivity contribution in [2.75, 3.05) is 13.2 Å². The topological polar surface area (TPSA) is 69.3 Å². The molecule has 0 amide bonds. The minimum atomic E-state index is -0.894. The summed E-state index contributed by atoms with van der Waals surface area (Å²) in [6.07, 6.45) is 5.32. The number of aromatic nitrogens is 3. The van der Waals surface area contributed by atoms with E-state index in [0.29, 0.717) is 19.7 Å². The maximum atomic E-state index is 13.0.